The average molecular weight is 331 g/mol. The van der Waals surface area contributed by atoms with Crippen molar-refractivity contribution in [2.24, 2.45) is 0 Å². The number of hydrogen-bond acceptors (Lipinski definition) is 2. The highest BCUT2D eigenvalue weighted by Crippen LogP contribution is 2.42. The largest absolute Gasteiger partial charge is 0.393 e. The standard InChI is InChI=1S/C11H11BrF4O2/c12-11(15,16)10(13,14)9(6-17)18-7-8-4-2-1-3-5-8/h1-5,9,17H,6-7H2/t9-/m1/s1. The second-order valence-electron chi connectivity index (χ2n) is 3.59. The fraction of sp³-hybridized carbons (Fsp3) is 0.455. The number of ether oxygens (including phenoxy) is 1. The fourth-order valence-corrected chi connectivity index (χ4v) is 1.48. The molecule has 0 saturated carbocycles. The van der Waals surface area contributed by atoms with E-state index in [1.54, 1.807) is 46.3 Å². The van der Waals surface area contributed by atoms with Gasteiger partial charge in [-0.3, -0.25) is 0 Å². The number of aliphatic hydroxyl groups is 1. The van der Waals surface area contributed by atoms with Gasteiger partial charge in [0.1, 0.15) is 0 Å². The van der Waals surface area contributed by atoms with E-state index in [1.165, 1.54) is 0 Å². The van der Waals surface area contributed by atoms with Crippen LogP contribution in [-0.2, 0) is 11.3 Å². The summed E-state index contributed by atoms with van der Waals surface area (Å²) in [5.41, 5.74) is 0.546. The molecule has 0 spiro atoms. The van der Waals surface area contributed by atoms with E-state index < -0.39 is 23.5 Å². The first-order valence-corrected chi connectivity index (χ1v) is 5.79. The summed E-state index contributed by atoms with van der Waals surface area (Å²) < 4.78 is 56.4. The molecule has 1 aromatic carbocycles. The molecule has 1 N–H and O–H groups in total. The highest BCUT2D eigenvalue weighted by Gasteiger charge is 2.60. The van der Waals surface area contributed by atoms with Crippen LogP contribution in [0.5, 0.6) is 0 Å². The third-order valence-corrected chi connectivity index (χ3v) is 2.77. The molecule has 1 atom stereocenters. The quantitative estimate of drug-likeness (QED) is 0.641. The first kappa shape index (κ1) is 15.4. The maximum absolute atomic E-state index is 13.2. The second-order valence-corrected chi connectivity index (χ2v) is 4.58. The lowest BCUT2D eigenvalue weighted by molar-refractivity contribution is -0.230. The molecule has 0 saturated heterocycles. The Morgan fingerprint density at radius 2 is 1.72 bits per heavy atom. The van der Waals surface area contributed by atoms with Crippen LogP contribution in [0.3, 0.4) is 0 Å². The van der Waals surface area contributed by atoms with Gasteiger partial charge in [-0.05, 0) is 21.5 Å². The topological polar surface area (TPSA) is 29.5 Å². The summed E-state index contributed by atoms with van der Waals surface area (Å²) >= 11 is 1.59. The lowest BCUT2D eigenvalue weighted by Gasteiger charge is -2.28. The maximum atomic E-state index is 13.2. The van der Waals surface area contributed by atoms with Crippen molar-refractivity contribution in [3.05, 3.63) is 35.9 Å². The van der Waals surface area contributed by atoms with Crippen LogP contribution in [0.4, 0.5) is 17.6 Å². The van der Waals surface area contributed by atoms with Gasteiger partial charge in [0.15, 0.2) is 6.10 Å². The molecule has 0 radical (unpaired) electrons. The zero-order valence-electron chi connectivity index (χ0n) is 9.12. The van der Waals surface area contributed by atoms with Crippen molar-refractivity contribution in [1.82, 2.24) is 0 Å². The van der Waals surface area contributed by atoms with Crippen LogP contribution in [0, 0.1) is 0 Å². The van der Waals surface area contributed by atoms with Gasteiger partial charge in [0.05, 0.1) is 13.2 Å². The fourth-order valence-electron chi connectivity index (χ4n) is 1.23. The van der Waals surface area contributed by atoms with Gasteiger partial charge in [-0.25, -0.2) is 0 Å². The molecule has 102 valence electrons. The molecule has 0 heterocycles. The summed E-state index contributed by atoms with van der Waals surface area (Å²) in [6.45, 7) is -1.49. The monoisotopic (exact) mass is 330 g/mol. The van der Waals surface area contributed by atoms with Crippen LogP contribution in [0.2, 0.25) is 0 Å². The minimum atomic E-state index is -4.50. The van der Waals surface area contributed by atoms with Crippen molar-refractivity contribution >= 4 is 15.9 Å². The molecule has 0 aliphatic rings. The predicted octanol–water partition coefficient (Wildman–Crippen LogP) is 3.19. The van der Waals surface area contributed by atoms with E-state index in [4.69, 9.17) is 5.11 Å². The molecule has 0 unspecified atom stereocenters. The van der Waals surface area contributed by atoms with E-state index in [0.29, 0.717) is 5.56 Å². The Morgan fingerprint density at radius 1 is 1.17 bits per heavy atom. The summed E-state index contributed by atoms with van der Waals surface area (Å²) in [5, 5.41) is 8.74. The van der Waals surface area contributed by atoms with Gasteiger partial charge in [-0.15, -0.1) is 0 Å². The molecule has 2 nitrogen and oxygen atoms in total. The molecule has 0 amide bonds. The van der Waals surface area contributed by atoms with Gasteiger partial charge < -0.3 is 9.84 Å². The Hall–Kier alpha value is -0.660. The van der Waals surface area contributed by atoms with Crippen LogP contribution in [-0.4, -0.2) is 28.6 Å². The number of alkyl halides is 5. The normalized spacial score (nSPS) is 14.6. The van der Waals surface area contributed by atoms with E-state index in [9.17, 15) is 17.6 Å². The van der Waals surface area contributed by atoms with Crippen molar-refractivity contribution in [3.63, 3.8) is 0 Å². The molecule has 7 heteroatoms. The van der Waals surface area contributed by atoms with E-state index in [2.05, 4.69) is 4.74 Å². The molecular formula is C11H11BrF4O2. The molecule has 1 rings (SSSR count). The molecule has 0 aliphatic carbocycles. The molecule has 0 aliphatic heterocycles. The zero-order chi connectivity index (χ0) is 13.8. The van der Waals surface area contributed by atoms with Crippen molar-refractivity contribution in [2.75, 3.05) is 6.61 Å². The first-order chi connectivity index (χ1) is 8.29. The van der Waals surface area contributed by atoms with Crippen LogP contribution < -0.4 is 0 Å². The molecule has 1 aromatic rings. The zero-order valence-corrected chi connectivity index (χ0v) is 10.7. The van der Waals surface area contributed by atoms with Gasteiger partial charge >= 0.3 is 10.8 Å². The number of rotatable bonds is 6. The third-order valence-electron chi connectivity index (χ3n) is 2.24. The summed E-state index contributed by atoms with van der Waals surface area (Å²) in [6, 6.07) is 8.22. The Morgan fingerprint density at radius 3 is 2.17 bits per heavy atom. The second kappa shape index (κ2) is 5.99. The minimum Gasteiger partial charge on any atom is -0.393 e. The van der Waals surface area contributed by atoms with Gasteiger partial charge in [-0.2, -0.15) is 17.6 Å². The maximum Gasteiger partial charge on any atom is 0.366 e. The van der Waals surface area contributed by atoms with Crippen LogP contribution in [0.1, 0.15) is 5.56 Å². The van der Waals surface area contributed by atoms with Gasteiger partial charge in [0, 0.05) is 0 Å². The molecule has 18 heavy (non-hydrogen) atoms. The SMILES string of the molecule is OC[C@@H](OCc1ccccc1)C(F)(F)C(F)(F)Br. The predicted molar refractivity (Wildman–Crippen MR) is 60.9 cm³/mol. The Bertz CT molecular complexity index is 367. The molecule has 0 fully saturated rings. The lowest BCUT2D eigenvalue weighted by atomic mass is 10.2. The van der Waals surface area contributed by atoms with Crippen LogP contribution in [0.15, 0.2) is 30.3 Å². The van der Waals surface area contributed by atoms with Crippen LogP contribution >= 0.6 is 15.9 Å². The van der Waals surface area contributed by atoms with E-state index in [-0.39, 0.29) is 6.61 Å². The van der Waals surface area contributed by atoms with E-state index in [0.717, 1.165) is 0 Å². The number of hydrogen-bond donors (Lipinski definition) is 1. The summed E-state index contributed by atoms with van der Waals surface area (Å²) in [5.74, 6) is -4.50. The number of halogens is 5. The smallest absolute Gasteiger partial charge is 0.366 e. The average Bonchev–Trinajstić information content (AvgIpc) is 2.29. The molecular weight excluding hydrogens is 320 g/mol. The first-order valence-electron chi connectivity index (χ1n) is 5.00. The van der Waals surface area contributed by atoms with Crippen LogP contribution in [0.25, 0.3) is 0 Å². The van der Waals surface area contributed by atoms with Crippen molar-refractivity contribution in [2.45, 2.75) is 23.5 Å². The summed E-state index contributed by atoms with van der Waals surface area (Å²) in [6.07, 6.45) is -2.29. The molecule has 0 bridgehead atoms. The summed E-state index contributed by atoms with van der Waals surface area (Å²) in [4.78, 5) is -4.44. The van der Waals surface area contributed by atoms with Gasteiger partial charge in [-0.1, -0.05) is 30.3 Å². The third kappa shape index (κ3) is 3.66. The van der Waals surface area contributed by atoms with Crippen molar-refractivity contribution in [3.8, 4) is 0 Å². The number of aliphatic hydroxyl groups excluding tert-OH is 1. The Kier molecular flexibility index (Phi) is 5.12. The van der Waals surface area contributed by atoms with Gasteiger partial charge in [0.2, 0.25) is 0 Å². The Balaban J connectivity index is 2.68. The number of benzene rings is 1. The lowest BCUT2D eigenvalue weighted by Crippen LogP contribution is -2.49. The molecule has 0 aromatic heterocycles. The highest BCUT2D eigenvalue weighted by molar-refractivity contribution is 9.10. The van der Waals surface area contributed by atoms with E-state index in [1.807, 2.05) is 0 Å². The minimum absolute atomic E-state index is 0.287. The summed E-state index contributed by atoms with van der Waals surface area (Å²) in [7, 11) is 0. The Labute approximate surface area is 110 Å². The highest BCUT2D eigenvalue weighted by atomic mass is 79.9. The van der Waals surface area contributed by atoms with Gasteiger partial charge in [0.25, 0.3) is 0 Å². The van der Waals surface area contributed by atoms with Crippen molar-refractivity contribution < 1.29 is 27.4 Å². The van der Waals surface area contributed by atoms with Crippen molar-refractivity contribution in [1.29, 1.82) is 0 Å². The van der Waals surface area contributed by atoms with E-state index >= 15 is 0 Å².